The maximum atomic E-state index is 16.4. The van der Waals surface area contributed by atoms with E-state index < -0.39 is 41.1 Å². The van der Waals surface area contributed by atoms with Crippen LogP contribution in [-0.4, -0.2) is 22.8 Å². The number of hydrogen-bond acceptors (Lipinski definition) is 4. The molecular formula is C38H38F2N2O4. The van der Waals surface area contributed by atoms with Gasteiger partial charge in [0.15, 0.2) is 6.23 Å². The minimum Gasteiger partial charge on any atom is -0.369 e. The van der Waals surface area contributed by atoms with Crippen molar-refractivity contribution in [3.05, 3.63) is 105 Å². The summed E-state index contributed by atoms with van der Waals surface area (Å²) in [5.41, 5.74) is 2.60. The number of nitrogens with zero attached hydrogens (tertiary/aromatic N) is 2. The molecule has 2 aliphatic rings. The highest BCUT2D eigenvalue weighted by atomic mass is 19.1. The molecule has 1 N–H and O–H groups in total. The lowest BCUT2D eigenvalue weighted by Crippen LogP contribution is -2.44. The first-order valence-corrected chi connectivity index (χ1v) is 15.8. The van der Waals surface area contributed by atoms with Gasteiger partial charge in [-0.15, -0.1) is 0 Å². The Hall–Kier alpha value is -4.43. The molecule has 0 aromatic heterocycles. The lowest BCUT2D eigenvalue weighted by molar-refractivity contribution is 0.0856. The molecule has 3 amide bonds. The van der Waals surface area contributed by atoms with Crippen LogP contribution in [0.15, 0.2) is 48.5 Å². The van der Waals surface area contributed by atoms with E-state index in [2.05, 4.69) is 0 Å². The molecule has 0 saturated heterocycles. The van der Waals surface area contributed by atoms with Gasteiger partial charge in [-0.1, -0.05) is 91.8 Å². The molecule has 238 valence electrons. The van der Waals surface area contributed by atoms with Crippen LogP contribution in [0.4, 0.5) is 20.2 Å². The van der Waals surface area contributed by atoms with Crippen LogP contribution < -0.4 is 9.80 Å². The highest BCUT2D eigenvalue weighted by Crippen LogP contribution is 2.49. The zero-order chi connectivity index (χ0) is 33.5. The molecule has 0 bridgehead atoms. The SMILES string of the molecule is CC(C)c1cccc(C(C)C)c1N1C(=O)c2cc(F)c3c4c(c(F)cc(c24)C1=O)C(O)N(c1c(C(C)C)cccc1C(C)C)C3=O. The quantitative estimate of drug-likeness (QED) is 0.217. The molecule has 0 fully saturated rings. The van der Waals surface area contributed by atoms with Crippen LogP contribution in [0, 0.1) is 11.6 Å². The van der Waals surface area contributed by atoms with Gasteiger partial charge in [-0.2, -0.15) is 0 Å². The molecule has 1 atom stereocenters. The Bertz CT molecular complexity index is 1900. The second-order valence-electron chi connectivity index (χ2n) is 13.5. The summed E-state index contributed by atoms with van der Waals surface area (Å²) in [6, 6.07) is 13.1. The average Bonchev–Trinajstić information content (AvgIpc) is 2.98. The number of carbonyl (C=O) groups is 3. The monoisotopic (exact) mass is 624 g/mol. The number of anilines is 2. The third kappa shape index (κ3) is 4.41. The predicted octanol–water partition coefficient (Wildman–Crippen LogP) is 9.06. The zero-order valence-corrected chi connectivity index (χ0v) is 27.3. The minimum atomic E-state index is -1.83. The molecule has 0 spiro atoms. The van der Waals surface area contributed by atoms with Crippen molar-refractivity contribution >= 4 is 39.9 Å². The number of para-hydroxylation sites is 2. The average molecular weight is 625 g/mol. The van der Waals surface area contributed by atoms with Gasteiger partial charge in [0.05, 0.1) is 28.1 Å². The van der Waals surface area contributed by atoms with E-state index in [1.807, 2.05) is 91.8 Å². The second kappa shape index (κ2) is 11.1. The first kappa shape index (κ1) is 31.5. The van der Waals surface area contributed by atoms with E-state index in [-0.39, 0.29) is 51.1 Å². The topological polar surface area (TPSA) is 77.9 Å². The molecule has 6 rings (SSSR count). The summed E-state index contributed by atoms with van der Waals surface area (Å²) in [6.07, 6.45) is -1.83. The Balaban J connectivity index is 1.64. The van der Waals surface area contributed by atoms with E-state index in [4.69, 9.17) is 0 Å². The van der Waals surface area contributed by atoms with Crippen molar-refractivity contribution in [2.75, 3.05) is 9.80 Å². The van der Waals surface area contributed by atoms with E-state index in [0.29, 0.717) is 11.4 Å². The lowest BCUT2D eigenvalue weighted by atomic mass is 9.83. The van der Waals surface area contributed by atoms with Crippen LogP contribution in [0.3, 0.4) is 0 Å². The molecule has 1 unspecified atom stereocenters. The molecule has 46 heavy (non-hydrogen) atoms. The number of aliphatic hydroxyl groups excluding tert-OH is 1. The van der Waals surface area contributed by atoms with Crippen LogP contribution in [0.2, 0.25) is 0 Å². The van der Waals surface area contributed by atoms with Gasteiger partial charge >= 0.3 is 0 Å². The summed E-state index contributed by atoms with van der Waals surface area (Å²) in [7, 11) is 0. The highest BCUT2D eigenvalue weighted by Gasteiger charge is 2.45. The van der Waals surface area contributed by atoms with E-state index >= 15 is 8.78 Å². The summed E-state index contributed by atoms with van der Waals surface area (Å²) in [5, 5.41) is 11.6. The van der Waals surface area contributed by atoms with E-state index in [9.17, 15) is 19.5 Å². The molecular weight excluding hydrogens is 586 g/mol. The highest BCUT2D eigenvalue weighted by molar-refractivity contribution is 6.38. The van der Waals surface area contributed by atoms with Gasteiger partial charge < -0.3 is 5.11 Å². The van der Waals surface area contributed by atoms with Crippen LogP contribution >= 0.6 is 0 Å². The fourth-order valence-electron chi connectivity index (χ4n) is 7.07. The first-order valence-electron chi connectivity index (χ1n) is 15.8. The third-order valence-electron chi connectivity index (χ3n) is 9.30. The number of benzene rings is 4. The number of rotatable bonds is 6. The van der Waals surface area contributed by atoms with E-state index in [1.165, 1.54) is 0 Å². The molecule has 2 heterocycles. The normalized spacial score (nSPS) is 16.3. The van der Waals surface area contributed by atoms with Gasteiger partial charge in [-0.05, 0) is 58.1 Å². The Morgan fingerprint density at radius 3 is 1.46 bits per heavy atom. The van der Waals surface area contributed by atoms with Crippen molar-refractivity contribution in [3.63, 3.8) is 0 Å². The molecule has 4 aromatic carbocycles. The Morgan fingerprint density at radius 1 is 0.609 bits per heavy atom. The summed E-state index contributed by atoms with van der Waals surface area (Å²) < 4.78 is 32.8. The Labute approximate surface area is 267 Å². The van der Waals surface area contributed by atoms with Crippen molar-refractivity contribution in [1.82, 2.24) is 0 Å². The molecule has 4 aromatic rings. The van der Waals surface area contributed by atoms with E-state index in [1.54, 1.807) is 0 Å². The minimum absolute atomic E-state index is 0.0274. The molecule has 0 aliphatic carbocycles. The van der Waals surface area contributed by atoms with Crippen LogP contribution in [0.1, 0.15) is 144 Å². The molecule has 0 saturated carbocycles. The molecule has 8 heteroatoms. The smallest absolute Gasteiger partial charge is 0.266 e. The van der Waals surface area contributed by atoms with Crippen molar-refractivity contribution in [3.8, 4) is 0 Å². The van der Waals surface area contributed by atoms with Gasteiger partial charge in [0.25, 0.3) is 17.7 Å². The van der Waals surface area contributed by atoms with Gasteiger partial charge in [0, 0.05) is 16.3 Å². The molecule has 6 nitrogen and oxygen atoms in total. The maximum absolute atomic E-state index is 16.4. The number of carbonyl (C=O) groups excluding carboxylic acids is 3. The second-order valence-corrected chi connectivity index (χ2v) is 13.5. The Kier molecular flexibility index (Phi) is 7.63. The largest absolute Gasteiger partial charge is 0.369 e. The predicted molar refractivity (Wildman–Crippen MR) is 176 cm³/mol. The first-order chi connectivity index (χ1) is 21.7. The van der Waals surface area contributed by atoms with Crippen molar-refractivity contribution in [2.45, 2.75) is 85.3 Å². The van der Waals surface area contributed by atoms with Gasteiger partial charge in [0.1, 0.15) is 11.6 Å². The number of imide groups is 1. The van der Waals surface area contributed by atoms with Crippen LogP contribution in [-0.2, 0) is 0 Å². The number of amides is 3. The maximum Gasteiger partial charge on any atom is 0.266 e. The standard InChI is InChI=1S/C38H38F2N2O4/c1-17(2)21-11-9-12-22(18(3)4)33(21)41-35(43)25-15-27(39)30-32-29(25)26(36(41)44)16-28(40)31(32)38(46)42(37(30)45)34-23(19(5)6)13-10-14-24(34)20(7)8/h9-20,37,45H,1-8H3. The summed E-state index contributed by atoms with van der Waals surface area (Å²) in [5.74, 6) is -4.70. The molecule has 2 aliphatic heterocycles. The van der Waals surface area contributed by atoms with Crippen LogP contribution in [0.5, 0.6) is 0 Å². The fourth-order valence-corrected chi connectivity index (χ4v) is 7.07. The summed E-state index contributed by atoms with van der Waals surface area (Å²) in [4.78, 5) is 45.0. The number of hydrogen-bond donors (Lipinski definition) is 1. The van der Waals surface area contributed by atoms with Crippen molar-refractivity contribution in [2.24, 2.45) is 0 Å². The summed E-state index contributed by atoms with van der Waals surface area (Å²) >= 11 is 0. The number of halogens is 2. The van der Waals surface area contributed by atoms with Crippen LogP contribution in [0.25, 0.3) is 10.8 Å². The third-order valence-corrected chi connectivity index (χ3v) is 9.30. The Morgan fingerprint density at radius 2 is 1.02 bits per heavy atom. The lowest BCUT2D eigenvalue weighted by Gasteiger charge is -2.39. The summed E-state index contributed by atoms with van der Waals surface area (Å²) in [6.45, 7) is 15.5. The zero-order valence-electron chi connectivity index (χ0n) is 27.3. The fraction of sp³-hybridized carbons (Fsp3) is 0.342. The number of aliphatic hydroxyl groups is 1. The van der Waals surface area contributed by atoms with Gasteiger partial charge in [-0.25, -0.2) is 13.7 Å². The van der Waals surface area contributed by atoms with Crippen molar-refractivity contribution < 1.29 is 28.3 Å². The van der Waals surface area contributed by atoms with E-state index in [0.717, 1.165) is 44.2 Å². The van der Waals surface area contributed by atoms with Gasteiger partial charge in [-0.3, -0.25) is 19.3 Å². The van der Waals surface area contributed by atoms with Gasteiger partial charge in [0.2, 0.25) is 0 Å². The van der Waals surface area contributed by atoms with Crippen molar-refractivity contribution in [1.29, 1.82) is 0 Å². The molecule has 0 radical (unpaired) electrons.